The summed E-state index contributed by atoms with van der Waals surface area (Å²) in [5.41, 5.74) is 2.68. The molecule has 0 aliphatic rings. The van der Waals surface area contributed by atoms with Crippen LogP contribution in [0.4, 0.5) is 5.95 Å². The average Bonchev–Trinajstić information content (AvgIpc) is 3.71. The van der Waals surface area contributed by atoms with E-state index in [-0.39, 0.29) is 35.8 Å². The quantitative estimate of drug-likeness (QED) is 0.0910. The van der Waals surface area contributed by atoms with Crippen LogP contribution in [0.2, 0.25) is 0 Å². The highest BCUT2D eigenvalue weighted by molar-refractivity contribution is 7.14. The second-order valence-corrected chi connectivity index (χ2v) is 12.3. The van der Waals surface area contributed by atoms with Crippen molar-refractivity contribution in [1.82, 2.24) is 29.7 Å². The number of anilines is 1. The molecule has 0 unspecified atom stereocenters. The Bertz CT molecular complexity index is 1790. The summed E-state index contributed by atoms with van der Waals surface area (Å²) in [6, 6.07) is 3.15. The van der Waals surface area contributed by atoms with Gasteiger partial charge < -0.3 is 18.9 Å². The predicted octanol–water partition coefficient (Wildman–Crippen LogP) is 4.59. The molecule has 3 heterocycles. The first-order valence-corrected chi connectivity index (χ1v) is 15.8. The third-order valence-corrected chi connectivity index (χ3v) is 8.84. The number of nitrogens with one attached hydrogen (secondary N) is 3. The number of methoxy groups -OCH3 is 2. The van der Waals surface area contributed by atoms with Crippen molar-refractivity contribution in [2.75, 3.05) is 33.1 Å². The van der Waals surface area contributed by atoms with Crippen LogP contribution in [0, 0.1) is 19.3 Å². The van der Waals surface area contributed by atoms with Crippen molar-refractivity contribution in [3.05, 3.63) is 61.0 Å². The maximum absolute atomic E-state index is 13.4. The lowest BCUT2D eigenvalue weighted by Gasteiger charge is -2.18. The SMILES string of the molecule is CCc1nc(C)sc1C(=O)NC(=N)N(C)C/C=C/Cn1c(NC(=O)c2sc(C)nc2CC)nc2cc(C(=O)OC)cc(OC)c21. The van der Waals surface area contributed by atoms with Crippen molar-refractivity contribution in [3.8, 4) is 5.75 Å². The minimum atomic E-state index is -0.545. The largest absolute Gasteiger partial charge is 0.494 e. The fourth-order valence-electron chi connectivity index (χ4n) is 4.59. The van der Waals surface area contributed by atoms with Gasteiger partial charge in [-0.25, -0.2) is 19.7 Å². The van der Waals surface area contributed by atoms with Crippen molar-refractivity contribution in [2.24, 2.45) is 0 Å². The lowest BCUT2D eigenvalue weighted by Crippen LogP contribution is -2.41. The van der Waals surface area contributed by atoms with Crippen LogP contribution in [0.3, 0.4) is 0 Å². The number of esters is 1. The number of nitrogens with zero attached hydrogens (tertiary/aromatic N) is 5. The minimum absolute atomic E-state index is 0.0534. The van der Waals surface area contributed by atoms with Gasteiger partial charge in [0.15, 0.2) is 5.96 Å². The first-order chi connectivity index (χ1) is 21.5. The van der Waals surface area contributed by atoms with E-state index in [2.05, 4.69) is 25.6 Å². The molecule has 4 rings (SSSR count). The number of benzene rings is 1. The molecule has 0 radical (unpaired) electrons. The van der Waals surface area contributed by atoms with Gasteiger partial charge in [0.2, 0.25) is 5.95 Å². The Hall–Kier alpha value is -4.63. The normalized spacial score (nSPS) is 11.2. The molecule has 0 aliphatic heterocycles. The molecule has 0 aliphatic carbocycles. The highest BCUT2D eigenvalue weighted by Crippen LogP contribution is 2.32. The third-order valence-electron chi connectivity index (χ3n) is 6.81. The number of carbonyl (C=O) groups excluding carboxylic acids is 3. The maximum atomic E-state index is 13.4. The van der Waals surface area contributed by atoms with Crippen molar-refractivity contribution < 1.29 is 23.9 Å². The van der Waals surface area contributed by atoms with Crippen LogP contribution in [0.25, 0.3) is 11.0 Å². The summed E-state index contributed by atoms with van der Waals surface area (Å²) in [6.07, 6.45) is 4.92. The van der Waals surface area contributed by atoms with E-state index < -0.39 is 5.97 Å². The smallest absolute Gasteiger partial charge is 0.338 e. The zero-order valence-electron chi connectivity index (χ0n) is 26.2. The Morgan fingerprint density at radius 2 is 1.60 bits per heavy atom. The molecule has 0 spiro atoms. The molecule has 1 aromatic carbocycles. The summed E-state index contributed by atoms with van der Waals surface area (Å²) in [6.45, 7) is 8.17. The number of amides is 2. The van der Waals surface area contributed by atoms with Gasteiger partial charge in [0, 0.05) is 20.1 Å². The molecule has 4 aromatic rings. The van der Waals surface area contributed by atoms with E-state index in [1.165, 1.54) is 36.9 Å². The molecule has 13 nitrogen and oxygen atoms in total. The van der Waals surface area contributed by atoms with Crippen molar-refractivity contribution >= 4 is 63.4 Å². The van der Waals surface area contributed by atoms with Crippen LogP contribution < -0.4 is 15.4 Å². The van der Waals surface area contributed by atoms with Gasteiger partial charge >= 0.3 is 5.97 Å². The molecule has 15 heteroatoms. The summed E-state index contributed by atoms with van der Waals surface area (Å²) < 4.78 is 12.3. The van der Waals surface area contributed by atoms with Crippen LogP contribution in [0.1, 0.15) is 65.0 Å². The monoisotopic (exact) mass is 652 g/mol. The van der Waals surface area contributed by atoms with E-state index in [9.17, 15) is 14.4 Å². The second kappa shape index (κ2) is 14.4. The fourth-order valence-corrected chi connectivity index (χ4v) is 6.40. The molecule has 0 atom stereocenters. The number of ether oxygens (including phenoxy) is 2. The molecule has 0 bridgehead atoms. The highest BCUT2D eigenvalue weighted by Gasteiger charge is 2.23. The molecule has 0 fully saturated rings. The number of fused-ring (bicyclic) bond motifs is 1. The zero-order valence-corrected chi connectivity index (χ0v) is 27.9. The van der Waals surface area contributed by atoms with E-state index >= 15 is 0 Å². The van der Waals surface area contributed by atoms with Gasteiger partial charge in [-0.2, -0.15) is 0 Å². The number of allylic oxidation sites excluding steroid dienone is 1. The third kappa shape index (κ3) is 7.37. The minimum Gasteiger partial charge on any atom is -0.494 e. The van der Waals surface area contributed by atoms with Gasteiger partial charge in [-0.1, -0.05) is 26.0 Å². The number of imidazole rings is 1. The number of aromatic nitrogens is 4. The number of carbonyl (C=O) groups is 3. The maximum Gasteiger partial charge on any atom is 0.338 e. The molecule has 3 N–H and O–H groups in total. The van der Waals surface area contributed by atoms with Gasteiger partial charge in [-0.3, -0.25) is 25.6 Å². The first-order valence-electron chi connectivity index (χ1n) is 14.2. The van der Waals surface area contributed by atoms with Crippen LogP contribution in [0.15, 0.2) is 24.3 Å². The standard InChI is InChI=1S/C30H36N8O5S2/c1-8-19-24(44-16(3)32-19)26(39)35-29(31)37(5)12-10-11-13-38-23-21(14-18(28(41)43-7)15-22(23)42-6)34-30(38)36-27(40)25-20(9-2)33-17(4)45-25/h10-11,14-15H,8-9,12-13H2,1-7H3,(H2,31,35,39)(H,34,36,40)/b11-10+. The zero-order chi connectivity index (χ0) is 32.8. The molecule has 0 saturated heterocycles. The summed E-state index contributed by atoms with van der Waals surface area (Å²) in [5.74, 6) is -0.656. The van der Waals surface area contributed by atoms with E-state index in [0.717, 1.165) is 10.0 Å². The molecule has 238 valence electrons. The summed E-state index contributed by atoms with van der Waals surface area (Å²) in [5, 5.41) is 15.5. The van der Waals surface area contributed by atoms with Gasteiger partial charge in [0.05, 0.1) is 46.7 Å². The number of rotatable bonds is 11. The molecule has 45 heavy (non-hydrogen) atoms. The summed E-state index contributed by atoms with van der Waals surface area (Å²) in [4.78, 5) is 54.5. The number of guanidine groups is 1. The molecule has 0 saturated carbocycles. The van der Waals surface area contributed by atoms with Crippen LogP contribution >= 0.6 is 22.7 Å². The van der Waals surface area contributed by atoms with Gasteiger partial charge in [-0.15, -0.1) is 22.7 Å². The molecule has 2 amide bonds. The Labute approximate surface area is 268 Å². The van der Waals surface area contributed by atoms with Crippen LogP contribution in [-0.2, 0) is 24.1 Å². The number of likely N-dealkylation sites (N-methyl/N-ethyl adjacent to an activating group) is 1. The van der Waals surface area contributed by atoms with Gasteiger partial charge in [0.1, 0.15) is 21.0 Å². The second-order valence-electron chi connectivity index (χ2n) is 9.92. The van der Waals surface area contributed by atoms with Crippen molar-refractivity contribution in [2.45, 2.75) is 47.1 Å². The number of hydrogen-bond donors (Lipinski definition) is 3. The predicted molar refractivity (Wildman–Crippen MR) is 175 cm³/mol. The molecule has 3 aromatic heterocycles. The average molecular weight is 653 g/mol. The Kier molecular flexibility index (Phi) is 10.7. The lowest BCUT2D eigenvalue weighted by molar-refractivity contribution is 0.0600. The molecular formula is C30H36N8O5S2. The van der Waals surface area contributed by atoms with Crippen molar-refractivity contribution in [3.63, 3.8) is 0 Å². The molecular weight excluding hydrogens is 617 g/mol. The van der Waals surface area contributed by atoms with Crippen molar-refractivity contribution in [1.29, 1.82) is 5.41 Å². The fraction of sp³-hybridized carbons (Fsp3) is 0.367. The topological polar surface area (TPSA) is 164 Å². The Balaban J connectivity index is 1.57. The van der Waals surface area contributed by atoms with Crippen LogP contribution in [-0.4, -0.2) is 76.0 Å². The number of thiazole rings is 2. The van der Waals surface area contributed by atoms with E-state index in [0.29, 0.717) is 57.3 Å². The first kappa shape index (κ1) is 33.3. The van der Waals surface area contributed by atoms with Gasteiger partial charge in [-0.05, 0) is 38.8 Å². The van der Waals surface area contributed by atoms with E-state index in [1.54, 1.807) is 28.6 Å². The Morgan fingerprint density at radius 1 is 0.978 bits per heavy atom. The lowest BCUT2D eigenvalue weighted by atomic mass is 10.2. The van der Waals surface area contributed by atoms with E-state index in [1.807, 2.05) is 39.8 Å². The van der Waals surface area contributed by atoms with Crippen LogP contribution in [0.5, 0.6) is 5.75 Å². The Morgan fingerprint density at radius 3 is 2.18 bits per heavy atom. The van der Waals surface area contributed by atoms with Gasteiger partial charge in [0.25, 0.3) is 11.8 Å². The summed E-state index contributed by atoms with van der Waals surface area (Å²) >= 11 is 2.62. The number of aryl methyl sites for hydroxylation is 4. The summed E-state index contributed by atoms with van der Waals surface area (Å²) in [7, 11) is 4.48. The van der Waals surface area contributed by atoms with E-state index in [4.69, 9.17) is 14.9 Å². The number of hydrogen-bond acceptors (Lipinski definition) is 11. The highest BCUT2D eigenvalue weighted by atomic mass is 32.1.